The number of nitrogens with one attached hydrogen (secondary N) is 2. The summed E-state index contributed by atoms with van der Waals surface area (Å²) < 4.78 is 5.13. The van der Waals surface area contributed by atoms with E-state index in [0.717, 1.165) is 5.56 Å². The number of ether oxygens (including phenoxy) is 1. The third-order valence-corrected chi connectivity index (χ3v) is 4.34. The lowest BCUT2D eigenvalue weighted by Crippen LogP contribution is -2.34. The Balaban J connectivity index is 1.67. The fourth-order valence-corrected chi connectivity index (χ4v) is 2.87. The van der Waals surface area contributed by atoms with Crippen molar-refractivity contribution in [3.63, 3.8) is 0 Å². The number of carbonyl (C=O) groups is 2. The molecule has 142 valence electrons. The minimum atomic E-state index is -0.436. The first-order valence-electron chi connectivity index (χ1n) is 8.20. The van der Waals surface area contributed by atoms with Gasteiger partial charge in [0.25, 0.3) is 0 Å². The number of esters is 1. The van der Waals surface area contributed by atoms with Gasteiger partial charge in [0.2, 0.25) is 5.91 Å². The molecule has 0 saturated heterocycles. The predicted octanol–water partition coefficient (Wildman–Crippen LogP) is 4.37. The molecule has 0 radical (unpaired) electrons. The van der Waals surface area contributed by atoms with Crippen LogP contribution in [-0.4, -0.2) is 23.6 Å². The summed E-state index contributed by atoms with van der Waals surface area (Å²) in [5.41, 5.74) is 1.49. The van der Waals surface area contributed by atoms with Crippen LogP contribution >= 0.6 is 35.4 Å². The molecule has 0 heterocycles. The third-order valence-electron chi connectivity index (χ3n) is 3.51. The summed E-state index contributed by atoms with van der Waals surface area (Å²) in [6.45, 7) is 0.273. The van der Waals surface area contributed by atoms with E-state index in [-0.39, 0.29) is 24.6 Å². The summed E-state index contributed by atoms with van der Waals surface area (Å²) in [5, 5.41) is 6.05. The monoisotopic (exact) mass is 424 g/mol. The van der Waals surface area contributed by atoms with Crippen molar-refractivity contribution in [2.75, 3.05) is 11.9 Å². The van der Waals surface area contributed by atoms with Gasteiger partial charge in [-0.15, -0.1) is 0 Å². The number of anilines is 1. The Morgan fingerprint density at radius 2 is 1.63 bits per heavy atom. The van der Waals surface area contributed by atoms with Crippen molar-refractivity contribution in [2.24, 2.45) is 0 Å². The average molecular weight is 425 g/mol. The summed E-state index contributed by atoms with van der Waals surface area (Å²) in [6, 6.07) is 14.7. The van der Waals surface area contributed by atoms with Crippen molar-refractivity contribution in [3.05, 3.63) is 64.1 Å². The molecule has 2 aromatic rings. The molecule has 0 atom stereocenters. The molecule has 27 heavy (non-hydrogen) atoms. The van der Waals surface area contributed by atoms with E-state index in [1.165, 1.54) is 0 Å². The van der Waals surface area contributed by atoms with Crippen molar-refractivity contribution in [1.29, 1.82) is 0 Å². The second-order valence-electron chi connectivity index (χ2n) is 5.56. The number of benzene rings is 2. The van der Waals surface area contributed by atoms with Gasteiger partial charge in [0.1, 0.15) is 0 Å². The van der Waals surface area contributed by atoms with Crippen LogP contribution in [0.4, 0.5) is 5.69 Å². The van der Waals surface area contributed by atoms with Gasteiger partial charge in [0.05, 0.1) is 28.8 Å². The van der Waals surface area contributed by atoms with Crippen LogP contribution < -0.4 is 10.6 Å². The number of halogens is 2. The molecule has 8 heteroatoms. The molecule has 0 spiro atoms. The van der Waals surface area contributed by atoms with Crippen LogP contribution in [0.2, 0.25) is 10.0 Å². The van der Waals surface area contributed by atoms with Crippen LogP contribution in [0.3, 0.4) is 0 Å². The summed E-state index contributed by atoms with van der Waals surface area (Å²) >= 11 is 17.1. The highest BCUT2D eigenvalue weighted by atomic mass is 35.5. The molecule has 0 fully saturated rings. The van der Waals surface area contributed by atoms with Crippen LogP contribution in [-0.2, 0) is 20.7 Å². The number of thiocarbonyl (C=S) groups is 1. The maximum atomic E-state index is 11.9. The van der Waals surface area contributed by atoms with E-state index < -0.39 is 11.9 Å². The second kappa shape index (κ2) is 10.9. The van der Waals surface area contributed by atoms with Gasteiger partial charge in [0.15, 0.2) is 5.11 Å². The third kappa shape index (κ3) is 7.54. The molecule has 0 aliphatic carbocycles. The number of rotatable bonds is 7. The molecule has 0 unspecified atom stereocenters. The summed E-state index contributed by atoms with van der Waals surface area (Å²) in [6.07, 6.45) is 0.559. The fraction of sp³-hybridized carbons (Fsp3) is 0.211. The van der Waals surface area contributed by atoms with E-state index in [1.807, 2.05) is 30.3 Å². The molecule has 1 amide bonds. The highest BCUT2D eigenvalue weighted by Crippen LogP contribution is 2.29. The van der Waals surface area contributed by atoms with E-state index in [1.54, 1.807) is 18.2 Å². The zero-order valence-corrected chi connectivity index (χ0v) is 16.7. The van der Waals surface area contributed by atoms with Crippen molar-refractivity contribution < 1.29 is 14.3 Å². The van der Waals surface area contributed by atoms with Gasteiger partial charge in [0, 0.05) is 12.8 Å². The summed E-state index contributed by atoms with van der Waals surface area (Å²) in [4.78, 5) is 23.6. The maximum absolute atomic E-state index is 11.9. The molecule has 5 nitrogen and oxygen atoms in total. The molecule has 0 aliphatic rings. The van der Waals surface area contributed by atoms with Crippen molar-refractivity contribution in [2.45, 2.75) is 19.3 Å². The van der Waals surface area contributed by atoms with E-state index in [2.05, 4.69) is 10.6 Å². The van der Waals surface area contributed by atoms with Crippen molar-refractivity contribution in [1.82, 2.24) is 5.32 Å². The highest BCUT2D eigenvalue weighted by Gasteiger charge is 2.12. The molecule has 2 aromatic carbocycles. The predicted molar refractivity (Wildman–Crippen MR) is 111 cm³/mol. The van der Waals surface area contributed by atoms with E-state index in [4.69, 9.17) is 40.2 Å². The number of hydrogen-bond acceptors (Lipinski definition) is 4. The maximum Gasteiger partial charge on any atom is 0.306 e. The van der Waals surface area contributed by atoms with Crippen LogP contribution in [0.5, 0.6) is 0 Å². The van der Waals surface area contributed by atoms with Crippen LogP contribution in [0, 0.1) is 0 Å². The Bertz CT molecular complexity index is 796. The number of para-hydroxylation sites is 1. The molecule has 0 saturated carbocycles. The van der Waals surface area contributed by atoms with E-state index in [0.29, 0.717) is 22.2 Å². The zero-order valence-electron chi connectivity index (χ0n) is 14.3. The topological polar surface area (TPSA) is 67.4 Å². The molecule has 0 bridgehead atoms. The van der Waals surface area contributed by atoms with Crippen LogP contribution in [0.25, 0.3) is 0 Å². The Morgan fingerprint density at radius 3 is 2.30 bits per heavy atom. The van der Waals surface area contributed by atoms with Crippen molar-refractivity contribution in [3.8, 4) is 0 Å². The normalized spacial score (nSPS) is 10.1. The van der Waals surface area contributed by atoms with Gasteiger partial charge < -0.3 is 15.4 Å². The Morgan fingerprint density at radius 1 is 0.963 bits per heavy atom. The Hall–Kier alpha value is -2.15. The minimum absolute atomic E-state index is 0.0317. The summed E-state index contributed by atoms with van der Waals surface area (Å²) in [7, 11) is 0. The standard InChI is InChI=1S/C19H18Cl2N2O3S/c20-14-7-4-8-15(21)18(14)23-19(27)22-16(24)9-10-17(25)26-12-11-13-5-2-1-3-6-13/h1-8H,9-12H2,(H2,22,23,24,27). The van der Waals surface area contributed by atoms with Gasteiger partial charge in [-0.25, -0.2) is 0 Å². The zero-order chi connectivity index (χ0) is 19.6. The molecular formula is C19H18Cl2N2O3S. The van der Waals surface area contributed by atoms with E-state index in [9.17, 15) is 9.59 Å². The first-order chi connectivity index (χ1) is 13.0. The SMILES string of the molecule is O=C(CCC(=O)OCCc1ccccc1)NC(=S)Nc1c(Cl)cccc1Cl. The van der Waals surface area contributed by atoms with Gasteiger partial charge in [-0.1, -0.05) is 59.6 Å². The lowest BCUT2D eigenvalue weighted by molar-refractivity contribution is -0.144. The van der Waals surface area contributed by atoms with Gasteiger partial charge in [-0.3, -0.25) is 9.59 Å². The minimum Gasteiger partial charge on any atom is -0.465 e. The smallest absolute Gasteiger partial charge is 0.306 e. The van der Waals surface area contributed by atoms with E-state index >= 15 is 0 Å². The molecule has 0 aliphatic heterocycles. The number of hydrogen-bond donors (Lipinski definition) is 2. The average Bonchev–Trinajstić information content (AvgIpc) is 2.64. The lowest BCUT2D eigenvalue weighted by atomic mass is 10.2. The molecular weight excluding hydrogens is 407 g/mol. The Kier molecular flexibility index (Phi) is 8.51. The molecule has 0 aromatic heterocycles. The summed E-state index contributed by atoms with van der Waals surface area (Å²) in [5.74, 6) is -0.843. The number of amides is 1. The largest absolute Gasteiger partial charge is 0.465 e. The van der Waals surface area contributed by atoms with Crippen LogP contribution in [0.1, 0.15) is 18.4 Å². The second-order valence-corrected chi connectivity index (χ2v) is 6.78. The quantitative estimate of drug-likeness (QED) is 0.509. The van der Waals surface area contributed by atoms with Gasteiger partial charge in [-0.2, -0.15) is 0 Å². The number of carbonyl (C=O) groups excluding carboxylic acids is 2. The van der Waals surface area contributed by atoms with Gasteiger partial charge >= 0.3 is 5.97 Å². The van der Waals surface area contributed by atoms with Gasteiger partial charge in [-0.05, 0) is 29.9 Å². The first kappa shape index (κ1) is 21.2. The van der Waals surface area contributed by atoms with Crippen LogP contribution in [0.15, 0.2) is 48.5 Å². The fourth-order valence-electron chi connectivity index (χ4n) is 2.17. The lowest BCUT2D eigenvalue weighted by Gasteiger charge is -2.12. The molecule has 2 rings (SSSR count). The Labute approximate surface area is 173 Å². The first-order valence-corrected chi connectivity index (χ1v) is 9.36. The molecule has 2 N–H and O–H groups in total. The van der Waals surface area contributed by atoms with Crippen molar-refractivity contribution >= 4 is 58.1 Å². The highest BCUT2D eigenvalue weighted by molar-refractivity contribution is 7.80.